The first-order chi connectivity index (χ1) is 8.41. The van der Waals surface area contributed by atoms with Gasteiger partial charge in [0.05, 0.1) is 4.90 Å². The van der Waals surface area contributed by atoms with E-state index in [9.17, 15) is 13.5 Å². The second kappa shape index (κ2) is 4.87. The summed E-state index contributed by atoms with van der Waals surface area (Å²) >= 11 is 0. The second-order valence-corrected chi connectivity index (χ2v) is 6.70. The smallest absolute Gasteiger partial charge is 0.243 e. The summed E-state index contributed by atoms with van der Waals surface area (Å²) in [5.41, 5.74) is 0. The van der Waals surface area contributed by atoms with Gasteiger partial charge >= 0.3 is 0 Å². The van der Waals surface area contributed by atoms with Gasteiger partial charge in [0.2, 0.25) is 10.0 Å². The van der Waals surface area contributed by atoms with Gasteiger partial charge in [-0.05, 0) is 38.7 Å². The highest BCUT2D eigenvalue weighted by atomic mass is 32.2. The first kappa shape index (κ1) is 13.3. The Morgan fingerprint density at radius 2 is 2.11 bits per heavy atom. The number of hydrogen-bond donors (Lipinski definition) is 1. The highest BCUT2D eigenvalue weighted by molar-refractivity contribution is 7.89. The fourth-order valence-corrected chi connectivity index (χ4v) is 3.68. The van der Waals surface area contributed by atoms with Crippen LogP contribution in [0.3, 0.4) is 0 Å². The van der Waals surface area contributed by atoms with Crippen LogP contribution in [0.2, 0.25) is 0 Å². The van der Waals surface area contributed by atoms with E-state index in [0.717, 1.165) is 6.42 Å². The minimum Gasteiger partial charge on any atom is -0.508 e. The van der Waals surface area contributed by atoms with Crippen LogP contribution >= 0.6 is 0 Å². The number of benzene rings is 1. The number of phenols is 1. The number of sulfonamides is 1. The number of nitrogens with zero attached hydrogens (tertiary/aromatic N) is 2. The Morgan fingerprint density at radius 1 is 1.39 bits per heavy atom. The second-order valence-electron chi connectivity index (χ2n) is 4.77. The third kappa shape index (κ3) is 2.50. The molecule has 0 aliphatic carbocycles. The Labute approximate surface area is 108 Å². The van der Waals surface area contributed by atoms with Crippen molar-refractivity contribution in [3.05, 3.63) is 24.3 Å². The van der Waals surface area contributed by atoms with E-state index in [-0.39, 0.29) is 16.7 Å². The molecule has 2 rings (SSSR count). The molecule has 5 nitrogen and oxygen atoms in total. The van der Waals surface area contributed by atoms with Crippen molar-refractivity contribution < 1.29 is 13.5 Å². The number of hydrogen-bond acceptors (Lipinski definition) is 4. The molecule has 18 heavy (non-hydrogen) atoms. The molecule has 1 aromatic carbocycles. The molecule has 0 amide bonds. The summed E-state index contributed by atoms with van der Waals surface area (Å²) in [4.78, 5) is 2.19. The van der Waals surface area contributed by atoms with Gasteiger partial charge in [-0.15, -0.1) is 0 Å². The Hall–Kier alpha value is -1.11. The zero-order valence-electron chi connectivity index (χ0n) is 10.6. The van der Waals surface area contributed by atoms with Crippen LogP contribution in [-0.2, 0) is 10.0 Å². The number of rotatable bonds is 3. The third-order valence-corrected chi connectivity index (χ3v) is 5.17. The molecule has 0 bridgehead atoms. The lowest BCUT2D eigenvalue weighted by Crippen LogP contribution is -2.34. The fourth-order valence-electron chi connectivity index (χ4n) is 2.14. The summed E-state index contributed by atoms with van der Waals surface area (Å²) in [7, 11) is 0.426. The lowest BCUT2D eigenvalue weighted by atomic mass is 10.2. The highest BCUT2D eigenvalue weighted by Gasteiger charge is 2.33. The summed E-state index contributed by atoms with van der Waals surface area (Å²) in [6, 6.07) is 6.07. The largest absolute Gasteiger partial charge is 0.508 e. The van der Waals surface area contributed by atoms with Crippen molar-refractivity contribution in [1.29, 1.82) is 0 Å². The molecule has 1 atom stereocenters. The molecule has 6 heteroatoms. The van der Waals surface area contributed by atoms with Gasteiger partial charge in [0.25, 0.3) is 0 Å². The van der Waals surface area contributed by atoms with E-state index in [0.29, 0.717) is 13.1 Å². The van der Waals surface area contributed by atoms with E-state index >= 15 is 0 Å². The molecular formula is C12H18N2O3S. The molecule has 1 saturated heterocycles. The average Bonchev–Trinajstić information content (AvgIpc) is 2.79. The normalized spacial score (nSPS) is 21.6. The summed E-state index contributed by atoms with van der Waals surface area (Å²) in [5, 5.41) is 9.37. The van der Waals surface area contributed by atoms with E-state index in [4.69, 9.17) is 0 Å². The minimum atomic E-state index is -3.48. The van der Waals surface area contributed by atoms with Crippen LogP contribution in [-0.4, -0.2) is 56.0 Å². The van der Waals surface area contributed by atoms with Crippen molar-refractivity contribution in [3.63, 3.8) is 0 Å². The monoisotopic (exact) mass is 270 g/mol. The van der Waals surface area contributed by atoms with E-state index in [2.05, 4.69) is 0 Å². The van der Waals surface area contributed by atoms with Crippen molar-refractivity contribution in [2.75, 3.05) is 27.2 Å². The number of aromatic hydroxyl groups is 1. The Morgan fingerprint density at radius 3 is 2.67 bits per heavy atom. The molecule has 1 aliphatic rings. The minimum absolute atomic E-state index is 0.0283. The zero-order chi connectivity index (χ0) is 13.3. The van der Waals surface area contributed by atoms with Crippen LogP contribution in [0, 0.1) is 0 Å². The van der Waals surface area contributed by atoms with E-state index in [1.54, 1.807) is 6.07 Å². The summed E-state index contributed by atoms with van der Waals surface area (Å²) in [6.07, 6.45) is 0.838. The maximum atomic E-state index is 12.4. The van der Waals surface area contributed by atoms with Gasteiger partial charge in [0.1, 0.15) is 5.75 Å². The lowest BCUT2D eigenvalue weighted by molar-refractivity contribution is 0.302. The standard InChI is InChI=1S/C12H18N2O3S/c1-13(2)10-6-7-14(9-10)18(16,17)12-5-3-4-11(15)8-12/h3-5,8,10,15H,6-7,9H2,1-2H3. The Kier molecular flexibility index (Phi) is 3.61. The van der Waals surface area contributed by atoms with Gasteiger partial charge in [0.15, 0.2) is 0 Å². The van der Waals surface area contributed by atoms with Crippen molar-refractivity contribution in [2.24, 2.45) is 0 Å². The van der Waals surface area contributed by atoms with E-state index in [1.165, 1.54) is 22.5 Å². The Bertz CT molecular complexity index is 528. The average molecular weight is 270 g/mol. The predicted molar refractivity (Wildman–Crippen MR) is 69.0 cm³/mol. The van der Waals surface area contributed by atoms with E-state index < -0.39 is 10.0 Å². The fraction of sp³-hybridized carbons (Fsp3) is 0.500. The summed E-state index contributed by atoms with van der Waals surface area (Å²) in [5.74, 6) is -0.0283. The van der Waals surface area contributed by atoms with Crippen molar-refractivity contribution in [1.82, 2.24) is 9.21 Å². The molecule has 1 aromatic rings. The van der Waals surface area contributed by atoms with Gasteiger partial charge in [-0.25, -0.2) is 8.42 Å². The van der Waals surface area contributed by atoms with Gasteiger partial charge < -0.3 is 10.0 Å². The molecule has 1 heterocycles. The zero-order valence-corrected chi connectivity index (χ0v) is 11.4. The van der Waals surface area contributed by atoms with Gasteiger partial charge in [-0.1, -0.05) is 6.07 Å². The Balaban J connectivity index is 2.23. The molecule has 1 unspecified atom stereocenters. The van der Waals surface area contributed by atoms with Crippen molar-refractivity contribution in [3.8, 4) is 5.75 Å². The van der Waals surface area contributed by atoms with E-state index in [1.807, 2.05) is 19.0 Å². The van der Waals surface area contributed by atoms with Crippen LogP contribution in [0.1, 0.15) is 6.42 Å². The molecule has 0 radical (unpaired) electrons. The van der Waals surface area contributed by atoms with Crippen molar-refractivity contribution in [2.45, 2.75) is 17.4 Å². The lowest BCUT2D eigenvalue weighted by Gasteiger charge is -2.20. The highest BCUT2D eigenvalue weighted by Crippen LogP contribution is 2.24. The van der Waals surface area contributed by atoms with Gasteiger partial charge in [0, 0.05) is 19.1 Å². The first-order valence-electron chi connectivity index (χ1n) is 5.87. The van der Waals surface area contributed by atoms with Crippen LogP contribution < -0.4 is 0 Å². The van der Waals surface area contributed by atoms with Crippen LogP contribution in [0.15, 0.2) is 29.2 Å². The summed E-state index contributed by atoms with van der Waals surface area (Å²) in [6.45, 7) is 1.03. The number of phenolic OH excluding ortho intramolecular Hbond substituents is 1. The molecular weight excluding hydrogens is 252 g/mol. The molecule has 1 aliphatic heterocycles. The molecule has 0 aromatic heterocycles. The van der Waals surface area contributed by atoms with Crippen molar-refractivity contribution >= 4 is 10.0 Å². The number of likely N-dealkylation sites (N-methyl/N-ethyl adjacent to an activating group) is 1. The molecule has 100 valence electrons. The molecule has 0 spiro atoms. The quantitative estimate of drug-likeness (QED) is 0.879. The van der Waals surface area contributed by atoms with Gasteiger partial charge in [-0.3, -0.25) is 0 Å². The van der Waals surface area contributed by atoms with Crippen LogP contribution in [0.25, 0.3) is 0 Å². The molecule has 1 N–H and O–H groups in total. The molecule has 1 fully saturated rings. The topological polar surface area (TPSA) is 60.9 Å². The maximum absolute atomic E-state index is 12.4. The first-order valence-corrected chi connectivity index (χ1v) is 7.31. The third-order valence-electron chi connectivity index (χ3n) is 3.31. The SMILES string of the molecule is CN(C)C1CCN(S(=O)(=O)c2cccc(O)c2)C1. The predicted octanol–water partition coefficient (Wildman–Crippen LogP) is 0.717. The van der Waals surface area contributed by atoms with Crippen LogP contribution in [0.4, 0.5) is 0 Å². The van der Waals surface area contributed by atoms with Crippen LogP contribution in [0.5, 0.6) is 5.75 Å². The molecule has 0 saturated carbocycles. The maximum Gasteiger partial charge on any atom is 0.243 e. The van der Waals surface area contributed by atoms with Gasteiger partial charge in [-0.2, -0.15) is 4.31 Å². The summed E-state index contributed by atoms with van der Waals surface area (Å²) < 4.78 is 26.2.